The van der Waals surface area contributed by atoms with Crippen LogP contribution in [0.2, 0.25) is 0 Å². The Hall–Kier alpha value is -2.24. The summed E-state index contributed by atoms with van der Waals surface area (Å²) in [6.07, 6.45) is 5.54. The molecule has 0 unspecified atom stereocenters. The number of hydrogen-bond donors (Lipinski definition) is 0. The standard InChI is InChI=1S/C24H28N2O2S/c1-4-26-13-19-11-23(28-16-17-9-10-17)21(12-24(19)29-26)22(14-25(2)3)20-8-6-5-7-18(20)15-27/h5-8,11-12,14-15,17H,4,9-10,13,16H2,1-3H3/b22-14+. The minimum Gasteiger partial charge on any atom is -0.493 e. The molecule has 5 heteroatoms. The molecule has 1 saturated carbocycles. The van der Waals surface area contributed by atoms with Crippen molar-refractivity contribution in [3.63, 3.8) is 0 Å². The van der Waals surface area contributed by atoms with Gasteiger partial charge in [-0.2, -0.15) is 0 Å². The predicted molar refractivity (Wildman–Crippen MR) is 119 cm³/mol. The van der Waals surface area contributed by atoms with E-state index in [-0.39, 0.29) is 0 Å². The zero-order valence-electron chi connectivity index (χ0n) is 17.4. The van der Waals surface area contributed by atoms with E-state index < -0.39 is 0 Å². The van der Waals surface area contributed by atoms with Gasteiger partial charge in [0.1, 0.15) is 5.75 Å². The molecule has 1 heterocycles. The fraction of sp³-hybridized carbons (Fsp3) is 0.375. The van der Waals surface area contributed by atoms with E-state index in [1.807, 2.05) is 43.3 Å². The molecule has 152 valence electrons. The van der Waals surface area contributed by atoms with E-state index in [0.29, 0.717) is 11.5 Å². The van der Waals surface area contributed by atoms with Gasteiger partial charge in [0.2, 0.25) is 0 Å². The molecular weight excluding hydrogens is 380 g/mol. The van der Waals surface area contributed by atoms with Crippen LogP contribution in [0.5, 0.6) is 5.75 Å². The quantitative estimate of drug-likeness (QED) is 0.449. The first-order valence-corrected chi connectivity index (χ1v) is 11.0. The molecule has 0 saturated heterocycles. The molecule has 0 radical (unpaired) electrons. The maximum atomic E-state index is 11.7. The number of carbonyl (C=O) groups excluding carboxylic acids is 1. The van der Waals surface area contributed by atoms with Gasteiger partial charge in [-0.1, -0.05) is 31.2 Å². The highest BCUT2D eigenvalue weighted by atomic mass is 32.2. The van der Waals surface area contributed by atoms with Crippen molar-refractivity contribution in [2.24, 2.45) is 5.92 Å². The van der Waals surface area contributed by atoms with Gasteiger partial charge in [0.05, 0.1) is 6.61 Å². The van der Waals surface area contributed by atoms with E-state index in [9.17, 15) is 4.79 Å². The third kappa shape index (κ3) is 4.51. The fourth-order valence-corrected chi connectivity index (χ4v) is 4.58. The molecule has 0 amide bonds. The molecule has 1 aliphatic carbocycles. The van der Waals surface area contributed by atoms with Gasteiger partial charge in [0.25, 0.3) is 0 Å². The fourth-order valence-electron chi connectivity index (χ4n) is 3.56. The molecule has 2 aromatic rings. The monoisotopic (exact) mass is 408 g/mol. The number of fused-ring (bicyclic) bond motifs is 1. The smallest absolute Gasteiger partial charge is 0.150 e. The number of nitrogens with zero attached hydrogens (tertiary/aromatic N) is 2. The number of ether oxygens (including phenoxy) is 1. The Kier molecular flexibility index (Phi) is 5.97. The van der Waals surface area contributed by atoms with E-state index >= 15 is 0 Å². The Morgan fingerprint density at radius 3 is 2.72 bits per heavy atom. The van der Waals surface area contributed by atoms with Crippen molar-refractivity contribution in [3.8, 4) is 5.75 Å². The van der Waals surface area contributed by atoms with Crippen molar-refractivity contribution >= 4 is 23.8 Å². The SMILES string of the molecule is CCN1Cc2cc(OCC3CC3)c(/C(=C/N(C)C)c3ccccc3C=O)cc2S1. The van der Waals surface area contributed by atoms with Crippen LogP contribution in [0.25, 0.3) is 5.57 Å². The molecule has 2 aromatic carbocycles. The molecule has 1 aliphatic heterocycles. The molecule has 29 heavy (non-hydrogen) atoms. The van der Waals surface area contributed by atoms with Crippen LogP contribution in [0.15, 0.2) is 47.5 Å². The lowest BCUT2D eigenvalue weighted by atomic mass is 9.93. The van der Waals surface area contributed by atoms with Crippen LogP contribution in [-0.2, 0) is 6.54 Å². The Bertz CT molecular complexity index is 934. The molecule has 0 spiro atoms. The van der Waals surface area contributed by atoms with Crippen molar-refractivity contribution in [2.75, 3.05) is 27.2 Å². The second-order valence-corrected chi connectivity index (χ2v) is 9.11. The number of hydrogen-bond acceptors (Lipinski definition) is 5. The molecule has 0 atom stereocenters. The lowest BCUT2D eigenvalue weighted by Gasteiger charge is -2.19. The van der Waals surface area contributed by atoms with Gasteiger partial charge in [0, 0.05) is 55.0 Å². The molecule has 0 N–H and O–H groups in total. The Morgan fingerprint density at radius 1 is 1.24 bits per heavy atom. The van der Waals surface area contributed by atoms with E-state index in [1.165, 1.54) is 23.3 Å². The van der Waals surface area contributed by atoms with E-state index in [2.05, 4.69) is 29.6 Å². The highest BCUT2D eigenvalue weighted by Crippen LogP contribution is 2.43. The number of aldehydes is 1. The predicted octanol–water partition coefficient (Wildman–Crippen LogP) is 5.08. The first-order chi connectivity index (χ1) is 14.1. The largest absolute Gasteiger partial charge is 0.493 e. The molecule has 0 bridgehead atoms. The minimum absolute atomic E-state index is 0.682. The van der Waals surface area contributed by atoms with Gasteiger partial charge >= 0.3 is 0 Å². The molecular formula is C24H28N2O2S. The summed E-state index contributed by atoms with van der Waals surface area (Å²) in [6.45, 7) is 4.89. The summed E-state index contributed by atoms with van der Waals surface area (Å²) in [5.74, 6) is 1.60. The molecule has 1 fully saturated rings. The van der Waals surface area contributed by atoms with Crippen molar-refractivity contribution in [1.29, 1.82) is 0 Å². The van der Waals surface area contributed by atoms with Gasteiger partial charge in [-0.15, -0.1) is 0 Å². The zero-order valence-corrected chi connectivity index (χ0v) is 18.2. The van der Waals surface area contributed by atoms with Gasteiger partial charge in [0.15, 0.2) is 6.29 Å². The topological polar surface area (TPSA) is 32.8 Å². The van der Waals surface area contributed by atoms with Crippen LogP contribution in [0.3, 0.4) is 0 Å². The average molecular weight is 409 g/mol. The second kappa shape index (κ2) is 8.64. The maximum Gasteiger partial charge on any atom is 0.150 e. The molecule has 0 aromatic heterocycles. The molecule has 4 rings (SSSR count). The van der Waals surface area contributed by atoms with E-state index in [0.717, 1.165) is 48.4 Å². The van der Waals surface area contributed by atoms with Gasteiger partial charge in [-0.25, -0.2) is 4.31 Å². The first-order valence-electron chi connectivity index (χ1n) is 10.2. The summed E-state index contributed by atoms with van der Waals surface area (Å²) in [5, 5.41) is 0. The lowest BCUT2D eigenvalue weighted by molar-refractivity contribution is 0.112. The minimum atomic E-state index is 0.682. The molecule has 2 aliphatic rings. The third-order valence-electron chi connectivity index (χ3n) is 5.32. The summed E-state index contributed by atoms with van der Waals surface area (Å²) in [5.41, 5.74) is 5.01. The normalized spacial score (nSPS) is 16.6. The van der Waals surface area contributed by atoms with Gasteiger partial charge in [-0.3, -0.25) is 4.79 Å². The summed E-state index contributed by atoms with van der Waals surface area (Å²) in [6, 6.07) is 12.2. The van der Waals surface area contributed by atoms with Gasteiger partial charge in [-0.05, 0) is 54.0 Å². The maximum absolute atomic E-state index is 11.7. The first kappa shape index (κ1) is 20.0. The molecule has 4 nitrogen and oxygen atoms in total. The summed E-state index contributed by atoms with van der Waals surface area (Å²) < 4.78 is 8.69. The lowest BCUT2D eigenvalue weighted by Crippen LogP contribution is -2.08. The summed E-state index contributed by atoms with van der Waals surface area (Å²) in [4.78, 5) is 15.0. The second-order valence-electron chi connectivity index (χ2n) is 7.97. The van der Waals surface area contributed by atoms with Crippen LogP contribution in [0.4, 0.5) is 0 Å². The van der Waals surface area contributed by atoms with Crippen LogP contribution < -0.4 is 4.74 Å². The summed E-state index contributed by atoms with van der Waals surface area (Å²) in [7, 11) is 4.02. The van der Waals surface area contributed by atoms with Crippen molar-refractivity contribution in [3.05, 3.63) is 64.9 Å². The number of benzene rings is 2. The zero-order chi connectivity index (χ0) is 20.4. The Labute approximate surface area is 177 Å². The van der Waals surface area contributed by atoms with Crippen LogP contribution >= 0.6 is 11.9 Å². The van der Waals surface area contributed by atoms with E-state index in [4.69, 9.17) is 4.74 Å². The van der Waals surface area contributed by atoms with Crippen molar-refractivity contribution < 1.29 is 9.53 Å². The number of rotatable bonds is 8. The highest BCUT2D eigenvalue weighted by molar-refractivity contribution is 7.97. The van der Waals surface area contributed by atoms with E-state index in [1.54, 1.807) is 11.9 Å². The van der Waals surface area contributed by atoms with Crippen molar-refractivity contribution in [2.45, 2.75) is 31.2 Å². The highest BCUT2D eigenvalue weighted by Gasteiger charge is 2.26. The third-order valence-corrected chi connectivity index (χ3v) is 6.54. The van der Waals surface area contributed by atoms with Crippen molar-refractivity contribution in [1.82, 2.24) is 9.21 Å². The van der Waals surface area contributed by atoms with Crippen LogP contribution in [0.1, 0.15) is 46.8 Å². The van der Waals surface area contributed by atoms with Crippen LogP contribution in [-0.4, -0.2) is 42.7 Å². The van der Waals surface area contributed by atoms with Crippen LogP contribution in [0, 0.1) is 5.92 Å². The Morgan fingerprint density at radius 2 is 2.03 bits per heavy atom. The number of carbonyl (C=O) groups is 1. The van der Waals surface area contributed by atoms with Gasteiger partial charge < -0.3 is 9.64 Å². The Balaban J connectivity index is 1.83. The average Bonchev–Trinajstić information content (AvgIpc) is 3.47. The summed E-state index contributed by atoms with van der Waals surface area (Å²) >= 11 is 1.80.